The molecule has 0 atom stereocenters. The first-order valence-corrected chi connectivity index (χ1v) is 7.87. The molecule has 0 bridgehead atoms. The average molecular weight is 319 g/mol. The highest BCUT2D eigenvalue weighted by Crippen LogP contribution is 2.23. The van der Waals surface area contributed by atoms with Crippen LogP contribution in [0.1, 0.15) is 21.5 Å². The van der Waals surface area contributed by atoms with Gasteiger partial charge >= 0.3 is 0 Å². The lowest BCUT2D eigenvalue weighted by Crippen LogP contribution is -2.22. The van der Waals surface area contributed by atoms with Crippen molar-refractivity contribution in [3.63, 3.8) is 0 Å². The third kappa shape index (κ3) is 3.44. The van der Waals surface area contributed by atoms with Crippen LogP contribution in [-0.2, 0) is 6.54 Å². The number of nitrogens with zero attached hydrogens (tertiary/aromatic N) is 2. The molecule has 0 unspecified atom stereocenters. The summed E-state index contributed by atoms with van der Waals surface area (Å²) in [5, 5.41) is 13.9. The van der Waals surface area contributed by atoms with Crippen LogP contribution in [0.15, 0.2) is 60.1 Å². The Hall–Kier alpha value is -2.97. The Labute approximate surface area is 138 Å². The first-order chi connectivity index (χ1) is 11.3. The second-order valence-corrected chi connectivity index (χ2v) is 5.61. The summed E-state index contributed by atoms with van der Waals surface area (Å²) in [6, 6.07) is 16.9. The minimum absolute atomic E-state index is 0.128. The van der Waals surface area contributed by atoms with Crippen LogP contribution >= 0.6 is 11.5 Å². The van der Waals surface area contributed by atoms with Gasteiger partial charge in [0.05, 0.1) is 11.6 Å². The van der Waals surface area contributed by atoms with E-state index in [0.717, 1.165) is 16.7 Å². The molecule has 0 aliphatic rings. The summed E-state index contributed by atoms with van der Waals surface area (Å²) >= 11 is 1.36. The van der Waals surface area contributed by atoms with Gasteiger partial charge in [-0.1, -0.05) is 30.3 Å². The summed E-state index contributed by atoms with van der Waals surface area (Å²) < 4.78 is 4.00. The lowest BCUT2D eigenvalue weighted by molar-refractivity contribution is 0.0951. The quantitative estimate of drug-likeness (QED) is 0.799. The normalized spacial score (nSPS) is 10.0. The first-order valence-electron chi connectivity index (χ1n) is 7.04. The molecule has 4 nitrogen and oxygen atoms in total. The molecule has 1 aromatic heterocycles. The van der Waals surface area contributed by atoms with Crippen LogP contribution in [0.4, 0.5) is 0 Å². The minimum Gasteiger partial charge on any atom is -0.348 e. The fourth-order valence-electron chi connectivity index (χ4n) is 2.23. The Morgan fingerprint density at radius 1 is 1.17 bits per heavy atom. The molecular formula is C18H13N3OS. The van der Waals surface area contributed by atoms with E-state index in [4.69, 9.17) is 5.26 Å². The van der Waals surface area contributed by atoms with E-state index in [1.54, 1.807) is 24.4 Å². The molecule has 3 aromatic rings. The molecular weight excluding hydrogens is 306 g/mol. The Morgan fingerprint density at radius 2 is 1.96 bits per heavy atom. The van der Waals surface area contributed by atoms with Crippen molar-refractivity contribution in [3.8, 4) is 17.2 Å². The third-order valence-corrected chi connectivity index (χ3v) is 4.08. The van der Waals surface area contributed by atoms with E-state index < -0.39 is 0 Å². The standard InChI is InChI=1S/C18H13N3OS/c19-9-16-3-1-2-4-17(16)14-5-7-15(8-6-14)18(22)20-10-13-11-21-23-12-13/h1-8,11-12H,10H2,(H,20,22). The predicted molar refractivity (Wildman–Crippen MR) is 89.9 cm³/mol. The van der Waals surface area contributed by atoms with Crippen molar-refractivity contribution in [1.29, 1.82) is 5.26 Å². The summed E-state index contributed by atoms with van der Waals surface area (Å²) in [5.41, 5.74) is 3.98. The molecule has 112 valence electrons. The highest BCUT2D eigenvalue weighted by molar-refractivity contribution is 7.03. The van der Waals surface area contributed by atoms with Gasteiger partial charge in [-0.2, -0.15) is 5.26 Å². The van der Waals surface area contributed by atoms with Gasteiger partial charge < -0.3 is 5.32 Å². The number of nitriles is 1. The van der Waals surface area contributed by atoms with Crippen molar-refractivity contribution < 1.29 is 4.79 Å². The number of rotatable bonds is 4. The van der Waals surface area contributed by atoms with Gasteiger partial charge in [0.25, 0.3) is 5.91 Å². The lowest BCUT2D eigenvalue weighted by Gasteiger charge is -2.07. The van der Waals surface area contributed by atoms with Crippen molar-refractivity contribution in [1.82, 2.24) is 9.69 Å². The number of carbonyl (C=O) groups excluding carboxylic acids is 1. The summed E-state index contributed by atoms with van der Waals surface area (Å²) in [6.45, 7) is 0.467. The molecule has 1 amide bonds. The van der Waals surface area contributed by atoms with E-state index in [1.165, 1.54) is 11.5 Å². The van der Waals surface area contributed by atoms with Crippen LogP contribution in [0.3, 0.4) is 0 Å². The Kier molecular flexibility index (Phi) is 4.46. The predicted octanol–water partition coefficient (Wildman–Crippen LogP) is 3.61. The van der Waals surface area contributed by atoms with Crippen molar-refractivity contribution in [3.05, 3.63) is 76.8 Å². The van der Waals surface area contributed by atoms with E-state index in [-0.39, 0.29) is 5.91 Å². The largest absolute Gasteiger partial charge is 0.348 e. The third-order valence-electron chi connectivity index (χ3n) is 3.44. The molecule has 0 spiro atoms. The maximum Gasteiger partial charge on any atom is 0.251 e. The maximum absolute atomic E-state index is 12.1. The van der Waals surface area contributed by atoms with Crippen LogP contribution < -0.4 is 5.32 Å². The number of benzene rings is 2. The molecule has 2 aromatic carbocycles. The fraction of sp³-hybridized carbons (Fsp3) is 0.0556. The van der Waals surface area contributed by atoms with Gasteiger partial charge in [-0.3, -0.25) is 4.79 Å². The lowest BCUT2D eigenvalue weighted by atomic mass is 9.99. The molecule has 0 aliphatic carbocycles. The smallest absolute Gasteiger partial charge is 0.251 e. The highest BCUT2D eigenvalue weighted by atomic mass is 32.1. The zero-order valence-corrected chi connectivity index (χ0v) is 13.0. The molecule has 3 rings (SSSR count). The zero-order chi connectivity index (χ0) is 16.1. The van der Waals surface area contributed by atoms with E-state index in [2.05, 4.69) is 15.8 Å². The first kappa shape index (κ1) is 14.9. The molecule has 0 saturated heterocycles. The van der Waals surface area contributed by atoms with Crippen molar-refractivity contribution >= 4 is 17.4 Å². The monoisotopic (exact) mass is 319 g/mol. The Morgan fingerprint density at radius 3 is 2.65 bits per heavy atom. The number of amides is 1. The summed E-state index contributed by atoms with van der Waals surface area (Å²) in [6.07, 6.45) is 1.74. The Bertz CT molecular complexity index is 849. The Balaban J connectivity index is 1.74. The second kappa shape index (κ2) is 6.86. The number of aromatic nitrogens is 1. The van der Waals surface area contributed by atoms with Crippen LogP contribution in [0.5, 0.6) is 0 Å². The molecule has 5 heteroatoms. The minimum atomic E-state index is -0.128. The number of hydrogen-bond donors (Lipinski definition) is 1. The van der Waals surface area contributed by atoms with Gasteiger partial charge in [-0.15, -0.1) is 0 Å². The molecule has 1 N–H and O–H groups in total. The summed E-state index contributed by atoms with van der Waals surface area (Å²) in [5.74, 6) is -0.128. The van der Waals surface area contributed by atoms with Crippen LogP contribution in [0, 0.1) is 11.3 Å². The number of carbonyl (C=O) groups is 1. The van der Waals surface area contributed by atoms with Crippen molar-refractivity contribution in [2.45, 2.75) is 6.54 Å². The maximum atomic E-state index is 12.1. The van der Waals surface area contributed by atoms with E-state index in [1.807, 2.05) is 35.7 Å². The van der Waals surface area contributed by atoms with Crippen LogP contribution in [0.2, 0.25) is 0 Å². The van der Waals surface area contributed by atoms with Gasteiger partial charge in [-0.25, -0.2) is 4.37 Å². The molecule has 0 fully saturated rings. The van der Waals surface area contributed by atoms with E-state index in [0.29, 0.717) is 17.7 Å². The second-order valence-electron chi connectivity index (χ2n) is 4.95. The van der Waals surface area contributed by atoms with Crippen molar-refractivity contribution in [2.24, 2.45) is 0 Å². The SMILES string of the molecule is N#Cc1ccccc1-c1ccc(C(=O)NCc2cnsc2)cc1. The molecule has 23 heavy (non-hydrogen) atoms. The average Bonchev–Trinajstić information content (AvgIpc) is 3.13. The highest BCUT2D eigenvalue weighted by Gasteiger charge is 2.08. The van der Waals surface area contributed by atoms with Crippen LogP contribution in [0.25, 0.3) is 11.1 Å². The van der Waals surface area contributed by atoms with Gasteiger partial charge in [0.2, 0.25) is 0 Å². The zero-order valence-electron chi connectivity index (χ0n) is 12.2. The summed E-state index contributed by atoms with van der Waals surface area (Å²) in [7, 11) is 0. The van der Waals surface area contributed by atoms with E-state index >= 15 is 0 Å². The molecule has 0 saturated carbocycles. The van der Waals surface area contributed by atoms with Gasteiger partial charge in [-0.05, 0) is 40.9 Å². The van der Waals surface area contributed by atoms with E-state index in [9.17, 15) is 4.79 Å². The fourth-order valence-corrected chi connectivity index (χ4v) is 2.77. The van der Waals surface area contributed by atoms with Crippen LogP contribution in [-0.4, -0.2) is 10.3 Å². The molecule has 1 heterocycles. The van der Waals surface area contributed by atoms with Crippen molar-refractivity contribution in [2.75, 3.05) is 0 Å². The topological polar surface area (TPSA) is 65.8 Å². The van der Waals surface area contributed by atoms with Gasteiger partial charge in [0.15, 0.2) is 0 Å². The summed E-state index contributed by atoms with van der Waals surface area (Å²) in [4.78, 5) is 12.1. The molecule has 0 radical (unpaired) electrons. The molecule has 0 aliphatic heterocycles. The van der Waals surface area contributed by atoms with Gasteiger partial charge in [0.1, 0.15) is 0 Å². The number of nitrogens with one attached hydrogen (secondary N) is 1. The van der Waals surface area contributed by atoms with Gasteiger partial charge in [0, 0.05) is 29.2 Å². The number of hydrogen-bond acceptors (Lipinski definition) is 4.